The fourth-order valence-electron chi connectivity index (χ4n) is 3.02. The molecule has 0 aromatic rings. The monoisotopic (exact) mass is 307 g/mol. The first-order valence-corrected chi connectivity index (χ1v) is 7.38. The third-order valence-corrected chi connectivity index (χ3v) is 4.32. The maximum absolute atomic E-state index is 12.8. The molecule has 1 N–H and O–H groups in total. The quantitative estimate of drug-likeness (QED) is 0.849. The molecule has 2 aliphatic rings. The van der Waals surface area contributed by atoms with Crippen molar-refractivity contribution in [1.29, 1.82) is 0 Å². The van der Waals surface area contributed by atoms with E-state index in [4.69, 9.17) is 5.11 Å². The SMILES string of the molecule is O=C(O)CCN(C(=O)C1CCCC(C(F)(F)F)C1)C1CC1. The van der Waals surface area contributed by atoms with E-state index in [1.165, 1.54) is 4.90 Å². The van der Waals surface area contributed by atoms with Crippen molar-refractivity contribution in [3.63, 3.8) is 0 Å². The molecule has 0 heterocycles. The lowest BCUT2D eigenvalue weighted by Gasteiger charge is -2.33. The predicted octanol–water partition coefficient (Wildman–Crippen LogP) is 2.82. The van der Waals surface area contributed by atoms with Gasteiger partial charge in [0.25, 0.3) is 0 Å². The van der Waals surface area contributed by atoms with Crippen LogP contribution in [0.15, 0.2) is 0 Å². The highest BCUT2D eigenvalue weighted by Gasteiger charge is 2.45. The van der Waals surface area contributed by atoms with E-state index in [0.717, 1.165) is 12.8 Å². The summed E-state index contributed by atoms with van der Waals surface area (Å²) in [6.07, 6.45) is -1.95. The molecule has 0 radical (unpaired) electrons. The number of hydrogen-bond acceptors (Lipinski definition) is 2. The van der Waals surface area contributed by atoms with Gasteiger partial charge in [-0.1, -0.05) is 6.42 Å². The Hall–Kier alpha value is -1.27. The highest BCUT2D eigenvalue weighted by atomic mass is 19.4. The molecule has 0 bridgehead atoms. The van der Waals surface area contributed by atoms with Crippen LogP contribution in [0.3, 0.4) is 0 Å². The molecule has 2 unspecified atom stereocenters. The number of carbonyl (C=O) groups excluding carboxylic acids is 1. The van der Waals surface area contributed by atoms with Gasteiger partial charge in [-0.3, -0.25) is 9.59 Å². The largest absolute Gasteiger partial charge is 0.481 e. The van der Waals surface area contributed by atoms with Gasteiger partial charge < -0.3 is 10.0 Å². The molecule has 7 heteroatoms. The van der Waals surface area contributed by atoms with Crippen molar-refractivity contribution in [3.05, 3.63) is 0 Å². The van der Waals surface area contributed by atoms with E-state index in [2.05, 4.69) is 0 Å². The molecular formula is C14H20F3NO3. The minimum atomic E-state index is -4.25. The first kappa shape index (κ1) is 16.1. The zero-order valence-corrected chi connectivity index (χ0v) is 11.7. The summed E-state index contributed by atoms with van der Waals surface area (Å²) in [5.41, 5.74) is 0. The van der Waals surface area contributed by atoms with Crippen LogP contribution in [0, 0.1) is 11.8 Å². The fourth-order valence-corrected chi connectivity index (χ4v) is 3.02. The molecule has 2 rings (SSSR count). The van der Waals surface area contributed by atoms with Crippen molar-refractivity contribution < 1.29 is 27.9 Å². The van der Waals surface area contributed by atoms with Crippen molar-refractivity contribution in [1.82, 2.24) is 4.90 Å². The predicted molar refractivity (Wildman–Crippen MR) is 68.5 cm³/mol. The van der Waals surface area contributed by atoms with Gasteiger partial charge in [-0.05, 0) is 32.1 Å². The van der Waals surface area contributed by atoms with Crippen LogP contribution in [0.4, 0.5) is 13.2 Å². The second kappa shape index (κ2) is 6.23. The van der Waals surface area contributed by atoms with E-state index in [-0.39, 0.29) is 37.8 Å². The standard InChI is InChI=1S/C14H20F3NO3/c15-14(16,17)10-3-1-2-9(8-10)13(21)18(11-4-5-11)7-6-12(19)20/h9-11H,1-8H2,(H,19,20). The van der Waals surface area contributed by atoms with Crippen LogP contribution in [0.1, 0.15) is 44.9 Å². The molecule has 1 amide bonds. The third-order valence-electron chi connectivity index (χ3n) is 4.32. The second-order valence-corrected chi connectivity index (χ2v) is 6.01. The number of amides is 1. The van der Waals surface area contributed by atoms with Gasteiger partial charge in [0, 0.05) is 18.5 Å². The van der Waals surface area contributed by atoms with E-state index >= 15 is 0 Å². The molecule has 0 aromatic heterocycles. The number of hydrogen-bond donors (Lipinski definition) is 1. The summed E-state index contributed by atoms with van der Waals surface area (Å²) in [6, 6.07) is 0.0307. The molecule has 120 valence electrons. The highest BCUT2D eigenvalue weighted by Crippen LogP contribution is 2.41. The minimum Gasteiger partial charge on any atom is -0.481 e. The Balaban J connectivity index is 1.97. The summed E-state index contributed by atoms with van der Waals surface area (Å²) in [5, 5.41) is 8.72. The number of carbonyl (C=O) groups is 2. The molecular weight excluding hydrogens is 287 g/mol. The zero-order valence-electron chi connectivity index (χ0n) is 11.7. The van der Waals surface area contributed by atoms with Crippen LogP contribution in [0.2, 0.25) is 0 Å². The Kier molecular flexibility index (Phi) is 4.78. The lowest BCUT2D eigenvalue weighted by atomic mass is 9.80. The van der Waals surface area contributed by atoms with Gasteiger partial charge in [0.2, 0.25) is 5.91 Å². The molecule has 0 aliphatic heterocycles. The van der Waals surface area contributed by atoms with Crippen molar-refractivity contribution >= 4 is 11.9 Å². The van der Waals surface area contributed by atoms with Gasteiger partial charge >= 0.3 is 12.1 Å². The number of alkyl halides is 3. The summed E-state index contributed by atoms with van der Waals surface area (Å²) in [4.78, 5) is 24.6. The smallest absolute Gasteiger partial charge is 0.391 e. The van der Waals surface area contributed by atoms with Crippen LogP contribution in [0.25, 0.3) is 0 Å². The summed E-state index contributed by atoms with van der Waals surface area (Å²) >= 11 is 0. The van der Waals surface area contributed by atoms with E-state index < -0.39 is 24.0 Å². The number of carboxylic acids is 1. The number of halogens is 3. The van der Waals surface area contributed by atoms with Crippen LogP contribution in [-0.4, -0.2) is 40.6 Å². The van der Waals surface area contributed by atoms with Crippen molar-refractivity contribution in [3.8, 4) is 0 Å². The third kappa shape index (κ3) is 4.35. The topological polar surface area (TPSA) is 57.6 Å². The van der Waals surface area contributed by atoms with Crippen LogP contribution in [-0.2, 0) is 9.59 Å². The minimum absolute atomic E-state index is 0.0307. The van der Waals surface area contributed by atoms with Crippen molar-refractivity contribution in [2.75, 3.05) is 6.54 Å². The molecule has 0 aromatic carbocycles. The zero-order chi connectivity index (χ0) is 15.6. The normalized spacial score (nSPS) is 26.4. The summed E-state index contributed by atoms with van der Waals surface area (Å²) in [7, 11) is 0. The molecule has 0 saturated heterocycles. The second-order valence-electron chi connectivity index (χ2n) is 6.01. The summed E-state index contributed by atoms with van der Waals surface area (Å²) in [6.45, 7) is 0.103. The van der Waals surface area contributed by atoms with Crippen molar-refractivity contribution in [2.45, 2.75) is 57.2 Å². The van der Waals surface area contributed by atoms with Gasteiger partial charge in [0.15, 0.2) is 0 Å². The fraction of sp³-hybridized carbons (Fsp3) is 0.857. The van der Waals surface area contributed by atoms with Gasteiger partial charge in [-0.15, -0.1) is 0 Å². The van der Waals surface area contributed by atoms with E-state index in [1.54, 1.807) is 0 Å². The maximum Gasteiger partial charge on any atom is 0.391 e. The van der Waals surface area contributed by atoms with E-state index in [1.807, 2.05) is 0 Å². The Bertz CT molecular complexity index is 407. The van der Waals surface area contributed by atoms with E-state index in [9.17, 15) is 22.8 Å². The number of carboxylic acid groups (broad SMARTS) is 1. The average Bonchev–Trinajstić information content (AvgIpc) is 3.22. The first-order chi connectivity index (χ1) is 9.79. The van der Waals surface area contributed by atoms with Gasteiger partial charge in [0.1, 0.15) is 0 Å². The highest BCUT2D eigenvalue weighted by molar-refractivity contribution is 5.80. The lowest BCUT2D eigenvalue weighted by Crippen LogP contribution is -2.42. The Morgan fingerprint density at radius 2 is 1.81 bits per heavy atom. The van der Waals surface area contributed by atoms with Gasteiger partial charge in [-0.25, -0.2) is 0 Å². The Labute approximate surface area is 121 Å². The molecule has 21 heavy (non-hydrogen) atoms. The Morgan fingerprint density at radius 1 is 1.14 bits per heavy atom. The lowest BCUT2D eigenvalue weighted by molar-refractivity contribution is -0.187. The van der Waals surface area contributed by atoms with Crippen LogP contribution >= 0.6 is 0 Å². The van der Waals surface area contributed by atoms with Crippen LogP contribution < -0.4 is 0 Å². The molecule has 2 fully saturated rings. The first-order valence-electron chi connectivity index (χ1n) is 7.38. The number of nitrogens with zero attached hydrogens (tertiary/aromatic N) is 1. The molecule has 2 atom stereocenters. The van der Waals surface area contributed by atoms with Crippen LogP contribution in [0.5, 0.6) is 0 Å². The van der Waals surface area contributed by atoms with Gasteiger partial charge in [0.05, 0.1) is 12.3 Å². The summed E-state index contributed by atoms with van der Waals surface area (Å²) < 4.78 is 38.4. The average molecular weight is 307 g/mol. The maximum atomic E-state index is 12.8. The number of rotatable bonds is 5. The summed E-state index contributed by atoms with van der Waals surface area (Å²) in [5.74, 6) is -3.29. The molecule has 4 nitrogen and oxygen atoms in total. The van der Waals surface area contributed by atoms with E-state index in [0.29, 0.717) is 12.8 Å². The molecule has 0 spiro atoms. The van der Waals surface area contributed by atoms with Crippen molar-refractivity contribution in [2.24, 2.45) is 11.8 Å². The molecule has 2 aliphatic carbocycles. The molecule has 2 saturated carbocycles. The van der Waals surface area contributed by atoms with Gasteiger partial charge in [-0.2, -0.15) is 13.2 Å². The number of aliphatic carboxylic acids is 1. The Morgan fingerprint density at radius 3 is 2.33 bits per heavy atom.